The van der Waals surface area contributed by atoms with Gasteiger partial charge in [-0.3, -0.25) is 14.8 Å². The molecule has 4 aliphatic heterocycles. The highest BCUT2D eigenvalue weighted by atomic mass is 16.3. The van der Waals surface area contributed by atoms with E-state index in [-0.39, 0.29) is 16.9 Å². The van der Waals surface area contributed by atoms with Crippen molar-refractivity contribution in [1.82, 2.24) is 4.98 Å². The molecular formula is C17H27N3O+2. The maximum Gasteiger partial charge on any atom is 0.241 e. The second-order valence-corrected chi connectivity index (χ2v) is 7.58. The van der Waals surface area contributed by atoms with Gasteiger partial charge in [0.2, 0.25) is 6.17 Å². The molecule has 5 rings (SSSR count). The van der Waals surface area contributed by atoms with Crippen LogP contribution in [-0.2, 0) is 0 Å². The number of aliphatic hydroxyl groups excluding tert-OH is 1. The van der Waals surface area contributed by atoms with E-state index in [1.165, 1.54) is 5.56 Å². The number of quaternary nitrogens is 2. The topological polar surface area (TPSA) is 42.0 Å². The van der Waals surface area contributed by atoms with E-state index in [1.54, 1.807) is 9.80 Å². The fraction of sp³-hybridized carbons (Fsp3) is 0.706. The van der Waals surface area contributed by atoms with Crippen LogP contribution in [0.4, 0.5) is 0 Å². The Kier molecular flexibility index (Phi) is 2.94. The zero-order chi connectivity index (χ0) is 14.7. The van der Waals surface area contributed by atoms with Crippen LogP contribution in [-0.4, -0.2) is 42.4 Å². The van der Waals surface area contributed by atoms with Crippen molar-refractivity contribution in [3.05, 3.63) is 30.1 Å². The van der Waals surface area contributed by atoms with Gasteiger partial charge in [0.25, 0.3) is 0 Å². The van der Waals surface area contributed by atoms with Crippen molar-refractivity contribution in [3.63, 3.8) is 0 Å². The van der Waals surface area contributed by atoms with Crippen LogP contribution in [0.2, 0.25) is 0 Å². The molecule has 0 spiro atoms. The van der Waals surface area contributed by atoms with Crippen LogP contribution < -0.4 is 9.80 Å². The fourth-order valence-electron chi connectivity index (χ4n) is 5.70. The molecule has 0 atom stereocenters. The first kappa shape index (κ1) is 13.7. The van der Waals surface area contributed by atoms with Crippen LogP contribution >= 0.6 is 0 Å². The summed E-state index contributed by atoms with van der Waals surface area (Å²) in [6.07, 6.45) is 6.51. The lowest BCUT2D eigenvalue weighted by Crippen LogP contribution is -3.41. The summed E-state index contributed by atoms with van der Waals surface area (Å²) in [6, 6.07) is 4.29. The molecule has 5 heterocycles. The van der Waals surface area contributed by atoms with Gasteiger partial charge in [-0.25, -0.2) is 0 Å². The summed E-state index contributed by atoms with van der Waals surface area (Å²) in [6.45, 7) is 9.01. The third-order valence-corrected chi connectivity index (χ3v) is 6.72. The Morgan fingerprint density at radius 1 is 1.14 bits per heavy atom. The van der Waals surface area contributed by atoms with E-state index in [4.69, 9.17) is 0 Å². The lowest BCUT2D eigenvalue weighted by Gasteiger charge is -2.64. The molecule has 1 aromatic rings. The van der Waals surface area contributed by atoms with Gasteiger partial charge in [-0.15, -0.1) is 0 Å². The van der Waals surface area contributed by atoms with Crippen LogP contribution in [0.25, 0.3) is 0 Å². The predicted molar refractivity (Wildman–Crippen MR) is 79.8 cm³/mol. The van der Waals surface area contributed by atoms with Gasteiger partial charge >= 0.3 is 0 Å². The molecule has 0 saturated carbocycles. The number of aromatic nitrogens is 1. The Balaban J connectivity index is 1.75. The summed E-state index contributed by atoms with van der Waals surface area (Å²) >= 11 is 0. The molecule has 4 heteroatoms. The van der Waals surface area contributed by atoms with Crippen molar-refractivity contribution in [2.45, 2.75) is 39.0 Å². The first-order valence-corrected chi connectivity index (χ1v) is 8.41. The van der Waals surface area contributed by atoms with Crippen molar-refractivity contribution < 1.29 is 14.9 Å². The number of rotatable bonds is 3. The van der Waals surface area contributed by atoms with E-state index in [9.17, 15) is 5.11 Å². The molecule has 3 N–H and O–H groups in total. The summed E-state index contributed by atoms with van der Waals surface area (Å²) in [5, 5.41) is 11.0. The molecule has 4 nitrogen and oxygen atoms in total. The average molecular weight is 289 g/mol. The van der Waals surface area contributed by atoms with Crippen molar-refractivity contribution in [1.29, 1.82) is 0 Å². The molecule has 4 aliphatic rings. The smallest absolute Gasteiger partial charge is 0.241 e. The highest BCUT2D eigenvalue weighted by Gasteiger charge is 2.69. The standard InChI is InChI=1S/C17H25N3O/c1-3-16-9-19-11-17(4-2,15(16)21)12-20(10-16)14(19)13-6-5-7-18-8-13/h5-8,14-15,21H,3-4,9-12H2,1-2H3/p+2. The molecular weight excluding hydrogens is 262 g/mol. The molecule has 0 aliphatic carbocycles. The molecule has 0 radical (unpaired) electrons. The van der Waals surface area contributed by atoms with Crippen molar-refractivity contribution >= 4 is 0 Å². The maximum absolute atomic E-state index is 11.0. The van der Waals surface area contributed by atoms with Crippen molar-refractivity contribution in [2.75, 3.05) is 26.2 Å². The van der Waals surface area contributed by atoms with Gasteiger partial charge in [0.15, 0.2) is 0 Å². The largest absolute Gasteiger partial charge is 0.391 e. The second kappa shape index (κ2) is 4.51. The number of aliphatic hydroxyl groups is 1. The first-order chi connectivity index (χ1) is 10.1. The molecule has 4 bridgehead atoms. The number of nitrogens with one attached hydrogen (secondary N) is 2. The number of piperidine rings is 2. The van der Waals surface area contributed by atoms with Crippen LogP contribution in [0.3, 0.4) is 0 Å². The highest BCUT2D eigenvalue weighted by molar-refractivity contribution is 5.12. The monoisotopic (exact) mass is 289 g/mol. The summed E-state index contributed by atoms with van der Waals surface area (Å²) in [4.78, 5) is 7.67. The zero-order valence-corrected chi connectivity index (χ0v) is 13.1. The van der Waals surface area contributed by atoms with Gasteiger partial charge < -0.3 is 5.11 Å². The molecule has 4 fully saturated rings. The maximum atomic E-state index is 11.0. The first-order valence-electron chi connectivity index (χ1n) is 8.41. The predicted octanol–water partition coefficient (Wildman–Crippen LogP) is -0.955. The van der Waals surface area contributed by atoms with Gasteiger partial charge in [0.1, 0.15) is 0 Å². The van der Waals surface area contributed by atoms with Crippen molar-refractivity contribution in [3.8, 4) is 0 Å². The number of pyridine rings is 1. The van der Waals surface area contributed by atoms with Crippen LogP contribution in [0.5, 0.6) is 0 Å². The van der Waals surface area contributed by atoms with E-state index < -0.39 is 0 Å². The summed E-state index contributed by atoms with van der Waals surface area (Å²) < 4.78 is 0. The Hall–Kier alpha value is -0.970. The highest BCUT2D eigenvalue weighted by Crippen LogP contribution is 2.44. The molecule has 0 aromatic carbocycles. The molecule has 114 valence electrons. The Morgan fingerprint density at radius 3 is 2.14 bits per heavy atom. The Labute approximate surface area is 126 Å². The van der Waals surface area contributed by atoms with Gasteiger partial charge in [0, 0.05) is 12.4 Å². The molecule has 21 heavy (non-hydrogen) atoms. The Morgan fingerprint density at radius 2 is 1.71 bits per heavy atom. The molecule has 4 saturated heterocycles. The van der Waals surface area contributed by atoms with Gasteiger partial charge in [-0.05, 0) is 25.0 Å². The minimum Gasteiger partial charge on any atom is -0.391 e. The van der Waals surface area contributed by atoms with Crippen molar-refractivity contribution in [2.24, 2.45) is 10.8 Å². The number of hydrogen-bond acceptors (Lipinski definition) is 2. The third-order valence-electron chi connectivity index (χ3n) is 6.72. The lowest BCUT2D eigenvalue weighted by molar-refractivity contribution is -1.19. The van der Waals surface area contributed by atoms with E-state index >= 15 is 0 Å². The molecule has 0 amide bonds. The van der Waals surface area contributed by atoms with E-state index in [0.29, 0.717) is 6.17 Å². The summed E-state index contributed by atoms with van der Waals surface area (Å²) in [7, 11) is 0. The van der Waals surface area contributed by atoms with Crippen LogP contribution in [0, 0.1) is 10.8 Å². The van der Waals surface area contributed by atoms with E-state index in [2.05, 4.69) is 31.0 Å². The Bertz CT molecular complexity index is 492. The summed E-state index contributed by atoms with van der Waals surface area (Å²) in [5.74, 6) is 0. The SMILES string of the molecule is CCC12C[NH+]3CC(CC)(C[NH+](C1)C3c1cccnc1)C2O. The second-order valence-electron chi connectivity index (χ2n) is 7.58. The number of nitrogens with zero attached hydrogens (tertiary/aromatic N) is 1. The minimum atomic E-state index is -0.109. The van der Waals surface area contributed by atoms with Crippen LogP contribution in [0.1, 0.15) is 38.4 Å². The van der Waals surface area contributed by atoms with Crippen LogP contribution in [0.15, 0.2) is 24.5 Å². The molecule has 0 unspecified atom stereocenters. The van der Waals surface area contributed by atoms with Gasteiger partial charge in [-0.2, -0.15) is 0 Å². The van der Waals surface area contributed by atoms with Gasteiger partial charge in [-0.1, -0.05) is 13.8 Å². The number of hydrogen-bond donors (Lipinski definition) is 3. The van der Waals surface area contributed by atoms with E-state index in [1.807, 2.05) is 12.4 Å². The third kappa shape index (κ3) is 1.70. The normalized spacial score (nSPS) is 47.8. The fourth-order valence-corrected chi connectivity index (χ4v) is 5.70. The lowest BCUT2D eigenvalue weighted by atomic mass is 9.57. The zero-order valence-electron chi connectivity index (χ0n) is 13.1. The minimum absolute atomic E-state index is 0.109. The quantitative estimate of drug-likeness (QED) is 0.671. The van der Waals surface area contributed by atoms with Gasteiger partial charge in [0.05, 0.1) is 48.7 Å². The molecule has 1 aromatic heterocycles. The average Bonchev–Trinajstić information content (AvgIpc) is 2.52. The van der Waals surface area contributed by atoms with E-state index in [0.717, 1.165) is 39.0 Å². The summed E-state index contributed by atoms with van der Waals surface area (Å²) in [5.41, 5.74) is 1.64.